The Morgan fingerprint density at radius 3 is 2.37 bits per heavy atom. The van der Waals surface area contributed by atoms with E-state index in [0.29, 0.717) is 24.6 Å². The van der Waals surface area contributed by atoms with E-state index in [2.05, 4.69) is 0 Å². The topological polar surface area (TPSA) is 82.8 Å². The molecule has 7 nitrogen and oxygen atoms in total. The maximum atomic E-state index is 11.1. The van der Waals surface area contributed by atoms with Crippen LogP contribution in [0.5, 0.6) is 17.2 Å². The Balaban J connectivity index is 1.87. The highest BCUT2D eigenvalue weighted by molar-refractivity contribution is 5.76. The number of methoxy groups -OCH3 is 1. The van der Waals surface area contributed by atoms with Gasteiger partial charge in [-0.05, 0) is 50.2 Å². The van der Waals surface area contributed by atoms with Crippen molar-refractivity contribution in [2.75, 3.05) is 20.3 Å². The minimum Gasteiger partial charge on any atom is -0.496 e. The van der Waals surface area contributed by atoms with Crippen LogP contribution in [0.3, 0.4) is 0 Å². The molecule has 0 fully saturated rings. The lowest BCUT2D eigenvalue weighted by Crippen LogP contribution is -2.10. The maximum absolute atomic E-state index is 11.1. The number of carboxylic acids is 1. The molecule has 0 aliphatic heterocycles. The molecule has 4 aromatic rings. The molecule has 1 N–H and O–H groups in total. The van der Waals surface area contributed by atoms with Crippen LogP contribution in [-0.4, -0.2) is 41.2 Å². The molecule has 1 aromatic heterocycles. The Bertz CT molecular complexity index is 1330. The quantitative estimate of drug-likeness (QED) is 0.331. The van der Waals surface area contributed by atoms with Gasteiger partial charge in [0.05, 0.1) is 31.6 Å². The fourth-order valence-corrected chi connectivity index (χ4v) is 3.95. The monoisotopic (exact) mass is 472 g/mol. The SMILES string of the molecule is CCOc1ccccc1-c1cc(-c2cc(C)ccc2OCC(=O)O)nn1Cc1ccccc1OC. The third kappa shape index (κ3) is 5.46. The third-order valence-electron chi connectivity index (χ3n) is 5.52. The van der Waals surface area contributed by atoms with Crippen molar-refractivity contribution in [1.82, 2.24) is 9.78 Å². The number of rotatable bonds is 10. The van der Waals surface area contributed by atoms with E-state index in [4.69, 9.17) is 24.4 Å². The molecule has 1 heterocycles. The second-order valence-corrected chi connectivity index (χ2v) is 8.00. The molecule has 0 radical (unpaired) electrons. The molecule has 0 amide bonds. The number of nitrogens with zero attached hydrogens (tertiary/aromatic N) is 2. The van der Waals surface area contributed by atoms with Crippen molar-refractivity contribution in [3.8, 4) is 39.8 Å². The lowest BCUT2D eigenvalue weighted by atomic mass is 10.1. The average molecular weight is 473 g/mol. The molecule has 35 heavy (non-hydrogen) atoms. The molecule has 4 rings (SSSR count). The molecule has 0 spiro atoms. The van der Waals surface area contributed by atoms with Crippen LogP contribution < -0.4 is 14.2 Å². The van der Waals surface area contributed by atoms with E-state index in [1.54, 1.807) is 13.2 Å². The lowest BCUT2D eigenvalue weighted by molar-refractivity contribution is -0.139. The Kier molecular flexibility index (Phi) is 7.35. The van der Waals surface area contributed by atoms with E-state index in [1.807, 2.05) is 85.3 Å². The summed E-state index contributed by atoms with van der Waals surface area (Å²) in [6.45, 7) is 4.50. The molecule has 0 aliphatic carbocycles. The van der Waals surface area contributed by atoms with E-state index in [9.17, 15) is 4.79 Å². The van der Waals surface area contributed by atoms with Crippen molar-refractivity contribution in [2.45, 2.75) is 20.4 Å². The van der Waals surface area contributed by atoms with E-state index in [1.165, 1.54) is 0 Å². The summed E-state index contributed by atoms with van der Waals surface area (Å²) >= 11 is 0. The predicted molar refractivity (Wildman–Crippen MR) is 134 cm³/mol. The first-order valence-corrected chi connectivity index (χ1v) is 11.4. The van der Waals surface area contributed by atoms with Crippen LogP contribution in [0.25, 0.3) is 22.5 Å². The molecule has 0 bridgehead atoms. The number of hydrogen-bond donors (Lipinski definition) is 1. The lowest BCUT2D eigenvalue weighted by Gasteiger charge is -2.13. The minimum atomic E-state index is -1.04. The van der Waals surface area contributed by atoms with Crippen LogP contribution in [-0.2, 0) is 11.3 Å². The number of benzene rings is 3. The normalized spacial score (nSPS) is 10.7. The van der Waals surface area contributed by atoms with E-state index >= 15 is 0 Å². The highest BCUT2D eigenvalue weighted by Gasteiger charge is 2.19. The maximum Gasteiger partial charge on any atom is 0.341 e. The Morgan fingerprint density at radius 2 is 1.63 bits per heavy atom. The number of carbonyl (C=O) groups is 1. The van der Waals surface area contributed by atoms with Gasteiger partial charge in [-0.25, -0.2) is 4.79 Å². The molecular formula is C28H28N2O5. The van der Waals surface area contributed by atoms with Gasteiger partial charge in [0.1, 0.15) is 17.2 Å². The van der Waals surface area contributed by atoms with Crippen LogP contribution in [0.2, 0.25) is 0 Å². The summed E-state index contributed by atoms with van der Waals surface area (Å²) in [5.74, 6) is 0.957. The van der Waals surface area contributed by atoms with Crippen molar-refractivity contribution in [1.29, 1.82) is 0 Å². The molecule has 0 atom stereocenters. The number of aliphatic carboxylic acids is 1. The summed E-state index contributed by atoms with van der Waals surface area (Å²) in [4.78, 5) is 11.1. The van der Waals surface area contributed by atoms with Gasteiger partial charge in [-0.15, -0.1) is 0 Å². The number of ether oxygens (including phenoxy) is 3. The van der Waals surface area contributed by atoms with Crippen LogP contribution in [0, 0.1) is 6.92 Å². The summed E-state index contributed by atoms with van der Waals surface area (Å²) in [6.07, 6.45) is 0. The Morgan fingerprint density at radius 1 is 0.914 bits per heavy atom. The van der Waals surface area contributed by atoms with E-state index < -0.39 is 12.6 Å². The molecule has 0 saturated carbocycles. The van der Waals surface area contributed by atoms with Gasteiger partial charge in [-0.2, -0.15) is 5.10 Å². The average Bonchev–Trinajstić information content (AvgIpc) is 3.27. The molecule has 180 valence electrons. The molecule has 3 aromatic carbocycles. The fraction of sp³-hybridized carbons (Fsp3) is 0.214. The molecule has 0 aliphatic rings. The first-order valence-electron chi connectivity index (χ1n) is 11.4. The van der Waals surface area contributed by atoms with E-state index in [0.717, 1.165) is 39.4 Å². The zero-order valence-corrected chi connectivity index (χ0v) is 20.0. The molecule has 0 saturated heterocycles. The first kappa shape index (κ1) is 23.9. The minimum absolute atomic E-state index is 0.433. The zero-order valence-electron chi connectivity index (χ0n) is 20.0. The fourth-order valence-electron chi connectivity index (χ4n) is 3.95. The van der Waals surface area contributed by atoms with Crippen molar-refractivity contribution in [3.63, 3.8) is 0 Å². The highest BCUT2D eigenvalue weighted by atomic mass is 16.5. The summed E-state index contributed by atoms with van der Waals surface area (Å²) in [7, 11) is 1.65. The van der Waals surface area contributed by atoms with Crippen LogP contribution in [0.15, 0.2) is 72.8 Å². The summed E-state index contributed by atoms with van der Waals surface area (Å²) in [6, 6.07) is 23.3. The number of hydrogen-bond acceptors (Lipinski definition) is 5. The van der Waals surface area contributed by atoms with Crippen LogP contribution >= 0.6 is 0 Å². The molecule has 0 unspecified atom stereocenters. The van der Waals surface area contributed by atoms with Gasteiger partial charge in [0.2, 0.25) is 0 Å². The first-order chi connectivity index (χ1) is 17.0. The standard InChI is InChI=1S/C28H28N2O5/c1-4-34-26-12-8-6-10-21(26)24-16-23(22-15-19(2)13-14-27(22)35-18-28(31)32)29-30(24)17-20-9-5-7-11-25(20)33-3/h5-16H,4,17-18H2,1-3H3,(H,31,32). The van der Waals surface area contributed by atoms with Crippen molar-refractivity contribution in [2.24, 2.45) is 0 Å². The summed E-state index contributed by atoms with van der Waals surface area (Å²) in [5, 5.41) is 14.0. The van der Waals surface area contributed by atoms with Crippen molar-refractivity contribution >= 4 is 5.97 Å². The van der Waals surface area contributed by atoms with Gasteiger partial charge >= 0.3 is 5.97 Å². The number of carboxylic acid groups (broad SMARTS) is 1. The van der Waals surface area contributed by atoms with Gasteiger partial charge < -0.3 is 19.3 Å². The predicted octanol–water partition coefficient (Wildman–Crippen LogP) is 5.44. The van der Waals surface area contributed by atoms with E-state index in [-0.39, 0.29) is 0 Å². The largest absolute Gasteiger partial charge is 0.496 e. The second-order valence-electron chi connectivity index (χ2n) is 8.00. The summed E-state index contributed by atoms with van der Waals surface area (Å²) in [5.41, 5.74) is 5.15. The number of aromatic nitrogens is 2. The highest BCUT2D eigenvalue weighted by Crippen LogP contribution is 2.37. The Hall–Kier alpha value is -4.26. The van der Waals surface area contributed by atoms with Crippen molar-refractivity contribution < 1.29 is 24.1 Å². The number of aryl methyl sites for hydroxylation is 1. The Labute approximate surface area is 204 Å². The van der Waals surface area contributed by atoms with Gasteiger partial charge in [0.25, 0.3) is 0 Å². The van der Waals surface area contributed by atoms with Gasteiger partial charge in [0.15, 0.2) is 6.61 Å². The van der Waals surface area contributed by atoms with Gasteiger partial charge in [-0.1, -0.05) is 42.0 Å². The molecular weight excluding hydrogens is 444 g/mol. The second kappa shape index (κ2) is 10.8. The van der Waals surface area contributed by atoms with Crippen LogP contribution in [0.4, 0.5) is 0 Å². The van der Waals surface area contributed by atoms with Gasteiger partial charge in [0, 0.05) is 16.7 Å². The number of para-hydroxylation sites is 2. The van der Waals surface area contributed by atoms with Crippen molar-refractivity contribution in [3.05, 3.63) is 83.9 Å². The third-order valence-corrected chi connectivity index (χ3v) is 5.52. The zero-order chi connectivity index (χ0) is 24.8. The van der Waals surface area contributed by atoms with Crippen LogP contribution in [0.1, 0.15) is 18.1 Å². The van der Waals surface area contributed by atoms with Gasteiger partial charge in [-0.3, -0.25) is 4.68 Å². The summed E-state index contributed by atoms with van der Waals surface area (Å²) < 4.78 is 19.0. The smallest absolute Gasteiger partial charge is 0.341 e. The molecule has 7 heteroatoms.